The van der Waals surface area contributed by atoms with E-state index in [1.54, 1.807) is 48.8 Å². The van der Waals surface area contributed by atoms with Crippen LogP contribution in [0.5, 0.6) is 5.75 Å². The van der Waals surface area contributed by atoms with E-state index in [9.17, 15) is 9.90 Å². The van der Waals surface area contributed by atoms with Gasteiger partial charge in [0.15, 0.2) is 0 Å². The average Bonchev–Trinajstić information content (AvgIpc) is 3.02. The summed E-state index contributed by atoms with van der Waals surface area (Å²) >= 11 is 0. The topological polar surface area (TPSA) is 62.7 Å². The van der Waals surface area contributed by atoms with Crippen LogP contribution in [0.1, 0.15) is 11.1 Å². The van der Waals surface area contributed by atoms with Gasteiger partial charge < -0.3 is 14.7 Å². The lowest BCUT2D eigenvalue weighted by atomic mass is 10.1. The lowest BCUT2D eigenvalue weighted by Gasteiger charge is -2.15. The van der Waals surface area contributed by atoms with E-state index >= 15 is 0 Å². The number of amides is 1. The third kappa shape index (κ3) is 3.53. The number of carbonyl (C=O) groups excluding carboxylic acids is 1. The van der Waals surface area contributed by atoms with Gasteiger partial charge in [-0.15, -0.1) is 0 Å². The van der Waals surface area contributed by atoms with Crippen molar-refractivity contribution in [2.24, 2.45) is 0 Å². The van der Waals surface area contributed by atoms with Crippen LogP contribution in [-0.4, -0.2) is 22.5 Å². The Morgan fingerprint density at radius 2 is 1.67 bits per heavy atom. The quantitative estimate of drug-likeness (QED) is 0.749. The predicted octanol–water partition coefficient (Wildman–Crippen LogP) is 3.98. The number of rotatable bonds is 5. The first-order valence-electron chi connectivity index (χ1n) is 8.63. The SMILES string of the molecule is O=C1C(c2ccc(OCc3ccccc3)cc2)=C(O)CN1c1ccncc1. The highest BCUT2D eigenvalue weighted by atomic mass is 16.5. The molecule has 27 heavy (non-hydrogen) atoms. The molecule has 1 aliphatic rings. The molecule has 5 nitrogen and oxygen atoms in total. The van der Waals surface area contributed by atoms with Gasteiger partial charge in [-0.25, -0.2) is 0 Å². The molecule has 2 aromatic carbocycles. The van der Waals surface area contributed by atoms with Crippen molar-refractivity contribution in [1.82, 2.24) is 4.98 Å². The van der Waals surface area contributed by atoms with E-state index in [4.69, 9.17) is 4.74 Å². The Hall–Kier alpha value is -3.60. The summed E-state index contributed by atoms with van der Waals surface area (Å²) in [6.07, 6.45) is 3.24. The molecule has 0 fully saturated rings. The van der Waals surface area contributed by atoms with Crippen LogP contribution in [-0.2, 0) is 11.4 Å². The summed E-state index contributed by atoms with van der Waals surface area (Å²) in [6, 6.07) is 20.6. The van der Waals surface area contributed by atoms with Crippen molar-refractivity contribution in [1.29, 1.82) is 0 Å². The predicted molar refractivity (Wildman–Crippen MR) is 103 cm³/mol. The van der Waals surface area contributed by atoms with Gasteiger partial charge in [0.2, 0.25) is 0 Å². The second-order valence-corrected chi connectivity index (χ2v) is 6.22. The fraction of sp³-hybridized carbons (Fsp3) is 0.0909. The minimum absolute atomic E-state index is 0.0646. The number of nitrogens with zero attached hydrogens (tertiary/aromatic N) is 2. The van der Waals surface area contributed by atoms with Crippen molar-refractivity contribution in [3.63, 3.8) is 0 Å². The standard InChI is InChI=1S/C22H18N2O3/c25-20-14-24(18-10-12-23-13-11-18)22(26)21(20)17-6-8-19(9-7-17)27-15-16-4-2-1-3-5-16/h1-13,25H,14-15H2. The molecule has 4 rings (SSSR count). The van der Waals surface area contributed by atoms with E-state index < -0.39 is 0 Å². The first-order chi connectivity index (χ1) is 13.2. The lowest BCUT2D eigenvalue weighted by molar-refractivity contribution is -0.112. The smallest absolute Gasteiger partial charge is 0.262 e. The molecule has 0 saturated heterocycles. The number of aliphatic hydroxyl groups is 1. The van der Waals surface area contributed by atoms with E-state index in [-0.39, 0.29) is 18.2 Å². The van der Waals surface area contributed by atoms with Gasteiger partial charge in [-0.05, 0) is 35.4 Å². The molecule has 0 radical (unpaired) electrons. The van der Waals surface area contributed by atoms with Gasteiger partial charge in [0.25, 0.3) is 5.91 Å². The maximum absolute atomic E-state index is 12.8. The van der Waals surface area contributed by atoms with Gasteiger partial charge in [-0.2, -0.15) is 0 Å². The highest BCUT2D eigenvalue weighted by molar-refractivity contribution is 6.29. The molecule has 3 aromatic rings. The van der Waals surface area contributed by atoms with Crippen LogP contribution in [0.4, 0.5) is 5.69 Å². The number of aliphatic hydroxyl groups excluding tert-OH is 1. The summed E-state index contributed by atoms with van der Waals surface area (Å²) in [7, 11) is 0. The lowest BCUT2D eigenvalue weighted by Crippen LogP contribution is -2.26. The van der Waals surface area contributed by atoms with Gasteiger partial charge >= 0.3 is 0 Å². The number of carbonyl (C=O) groups is 1. The fourth-order valence-corrected chi connectivity index (χ4v) is 3.04. The zero-order valence-corrected chi connectivity index (χ0v) is 14.6. The molecular formula is C22H18N2O3. The molecule has 0 aliphatic carbocycles. The first-order valence-corrected chi connectivity index (χ1v) is 8.63. The monoisotopic (exact) mass is 358 g/mol. The van der Waals surface area contributed by atoms with Gasteiger partial charge in [-0.1, -0.05) is 42.5 Å². The maximum Gasteiger partial charge on any atom is 0.262 e. The minimum atomic E-state index is -0.225. The molecule has 1 aliphatic heterocycles. The summed E-state index contributed by atoms with van der Waals surface area (Å²) in [5.41, 5.74) is 2.78. The number of ether oxygens (including phenoxy) is 1. The van der Waals surface area contributed by atoms with E-state index in [1.165, 1.54) is 4.90 Å². The third-order valence-electron chi connectivity index (χ3n) is 4.42. The molecule has 1 amide bonds. The van der Waals surface area contributed by atoms with Crippen LogP contribution in [0.2, 0.25) is 0 Å². The number of aromatic nitrogens is 1. The van der Waals surface area contributed by atoms with Crippen molar-refractivity contribution in [2.75, 3.05) is 11.4 Å². The second-order valence-electron chi connectivity index (χ2n) is 6.22. The summed E-state index contributed by atoms with van der Waals surface area (Å²) < 4.78 is 5.77. The van der Waals surface area contributed by atoms with E-state index in [2.05, 4.69) is 4.98 Å². The molecule has 1 aromatic heterocycles. The molecule has 2 heterocycles. The Kier molecular flexibility index (Phi) is 4.58. The molecule has 5 heteroatoms. The molecule has 1 N–H and O–H groups in total. The number of pyridine rings is 1. The molecule has 0 saturated carbocycles. The molecule has 0 spiro atoms. The third-order valence-corrected chi connectivity index (χ3v) is 4.42. The Bertz CT molecular complexity index is 967. The van der Waals surface area contributed by atoms with Crippen LogP contribution < -0.4 is 9.64 Å². The summed E-state index contributed by atoms with van der Waals surface area (Å²) in [6.45, 7) is 0.632. The summed E-state index contributed by atoms with van der Waals surface area (Å²) in [4.78, 5) is 18.3. The van der Waals surface area contributed by atoms with E-state index in [0.29, 0.717) is 29.2 Å². The van der Waals surface area contributed by atoms with Crippen LogP contribution in [0, 0.1) is 0 Å². The van der Waals surface area contributed by atoms with Crippen molar-refractivity contribution < 1.29 is 14.6 Å². The largest absolute Gasteiger partial charge is 0.510 e. The van der Waals surface area contributed by atoms with Crippen molar-refractivity contribution in [3.8, 4) is 5.75 Å². The normalized spacial score (nSPS) is 13.9. The van der Waals surface area contributed by atoms with Crippen LogP contribution in [0.15, 0.2) is 84.9 Å². The summed E-state index contributed by atoms with van der Waals surface area (Å²) in [5.74, 6) is 0.547. The molecular weight excluding hydrogens is 340 g/mol. The summed E-state index contributed by atoms with van der Waals surface area (Å²) in [5, 5.41) is 10.3. The Labute approximate surface area is 157 Å². The van der Waals surface area contributed by atoms with E-state index in [0.717, 1.165) is 5.56 Å². The van der Waals surface area contributed by atoms with Crippen LogP contribution in [0.25, 0.3) is 5.57 Å². The number of benzene rings is 2. The number of hydrogen-bond donors (Lipinski definition) is 1. The number of anilines is 1. The fourth-order valence-electron chi connectivity index (χ4n) is 3.04. The van der Waals surface area contributed by atoms with Gasteiger partial charge in [0.05, 0.1) is 12.1 Å². The zero-order valence-electron chi connectivity index (χ0n) is 14.6. The molecule has 0 atom stereocenters. The Balaban J connectivity index is 1.48. The van der Waals surface area contributed by atoms with E-state index in [1.807, 2.05) is 30.3 Å². The van der Waals surface area contributed by atoms with Crippen LogP contribution >= 0.6 is 0 Å². The molecule has 134 valence electrons. The van der Waals surface area contributed by atoms with Crippen molar-refractivity contribution >= 4 is 17.2 Å². The Morgan fingerprint density at radius 1 is 0.963 bits per heavy atom. The number of hydrogen-bond acceptors (Lipinski definition) is 4. The zero-order chi connectivity index (χ0) is 18.6. The second kappa shape index (κ2) is 7.33. The van der Waals surface area contributed by atoms with Crippen LogP contribution in [0.3, 0.4) is 0 Å². The highest BCUT2D eigenvalue weighted by Gasteiger charge is 2.32. The van der Waals surface area contributed by atoms with Gasteiger partial charge in [0, 0.05) is 18.1 Å². The van der Waals surface area contributed by atoms with Gasteiger partial charge in [0.1, 0.15) is 18.1 Å². The van der Waals surface area contributed by atoms with Crippen molar-refractivity contribution in [3.05, 3.63) is 96.0 Å². The minimum Gasteiger partial charge on any atom is -0.510 e. The maximum atomic E-state index is 12.8. The average molecular weight is 358 g/mol. The Morgan fingerprint density at radius 3 is 2.37 bits per heavy atom. The van der Waals surface area contributed by atoms with Crippen molar-refractivity contribution in [2.45, 2.75) is 6.61 Å². The van der Waals surface area contributed by atoms with Gasteiger partial charge in [-0.3, -0.25) is 9.78 Å². The highest BCUT2D eigenvalue weighted by Crippen LogP contribution is 2.31. The molecule has 0 unspecified atom stereocenters. The first kappa shape index (κ1) is 16.8. The molecule has 0 bridgehead atoms.